The maximum Gasteiger partial charge on any atom is 0.251 e. The summed E-state index contributed by atoms with van der Waals surface area (Å²) in [6, 6.07) is 9.83. The monoisotopic (exact) mass is 449 g/mol. The first-order valence-electron chi connectivity index (χ1n) is 10.6. The number of benzene rings is 1. The van der Waals surface area contributed by atoms with Crippen molar-refractivity contribution in [3.63, 3.8) is 0 Å². The van der Waals surface area contributed by atoms with Crippen LogP contribution in [0.15, 0.2) is 45.7 Å². The first-order chi connectivity index (χ1) is 14.9. The molecule has 1 aromatic carbocycles. The standard InChI is InChI=1S/C22H31N3O5S/c1-4-25(5-2)31(27,28)19-9-7-18(8-10-19)22(26)23-16-20(21-11-6-17(3)30-21)24-12-14-29-15-13-24/h6-11,20H,4-5,12-16H2,1-3H3,(H,23,26)/t20-/m1/s1. The van der Waals surface area contributed by atoms with Crippen molar-refractivity contribution in [2.45, 2.75) is 31.7 Å². The van der Waals surface area contributed by atoms with Gasteiger partial charge in [0.25, 0.3) is 5.91 Å². The van der Waals surface area contributed by atoms with E-state index >= 15 is 0 Å². The van der Waals surface area contributed by atoms with E-state index in [9.17, 15) is 13.2 Å². The van der Waals surface area contributed by atoms with Crippen LogP contribution in [0.25, 0.3) is 0 Å². The molecule has 1 aliphatic heterocycles. The van der Waals surface area contributed by atoms with Crippen molar-refractivity contribution < 1.29 is 22.4 Å². The zero-order valence-corrected chi connectivity index (χ0v) is 19.2. The molecule has 3 rings (SSSR count). The van der Waals surface area contributed by atoms with Crippen LogP contribution >= 0.6 is 0 Å². The fourth-order valence-corrected chi connectivity index (χ4v) is 5.17. The molecule has 0 spiro atoms. The molecule has 0 bridgehead atoms. The van der Waals surface area contributed by atoms with Gasteiger partial charge in [-0.1, -0.05) is 13.8 Å². The minimum absolute atomic E-state index is 0.0936. The molecule has 8 nitrogen and oxygen atoms in total. The number of amides is 1. The first-order valence-corrected chi connectivity index (χ1v) is 12.1. The van der Waals surface area contributed by atoms with E-state index in [2.05, 4.69) is 10.2 Å². The largest absolute Gasteiger partial charge is 0.465 e. The van der Waals surface area contributed by atoms with E-state index in [1.165, 1.54) is 16.4 Å². The first kappa shape index (κ1) is 23.5. The summed E-state index contributed by atoms with van der Waals surface area (Å²) in [5, 5.41) is 2.97. The molecule has 1 aliphatic rings. The Morgan fingerprint density at radius 2 is 1.74 bits per heavy atom. The minimum Gasteiger partial charge on any atom is -0.465 e. The van der Waals surface area contributed by atoms with Gasteiger partial charge in [-0.2, -0.15) is 4.31 Å². The number of morpholine rings is 1. The quantitative estimate of drug-likeness (QED) is 0.632. The van der Waals surface area contributed by atoms with E-state index < -0.39 is 10.0 Å². The lowest BCUT2D eigenvalue weighted by Crippen LogP contribution is -2.43. The molecule has 0 aliphatic carbocycles. The van der Waals surface area contributed by atoms with Crippen LogP contribution in [-0.2, 0) is 14.8 Å². The molecule has 9 heteroatoms. The second-order valence-electron chi connectivity index (χ2n) is 7.44. The normalized spacial score (nSPS) is 16.4. The van der Waals surface area contributed by atoms with Crippen molar-refractivity contribution in [1.82, 2.24) is 14.5 Å². The van der Waals surface area contributed by atoms with Crippen molar-refractivity contribution in [2.24, 2.45) is 0 Å². The van der Waals surface area contributed by atoms with Crippen molar-refractivity contribution in [3.05, 3.63) is 53.5 Å². The molecule has 2 aromatic rings. The molecule has 0 saturated carbocycles. The van der Waals surface area contributed by atoms with Gasteiger partial charge in [-0.25, -0.2) is 8.42 Å². The Morgan fingerprint density at radius 3 is 2.29 bits per heavy atom. The fourth-order valence-electron chi connectivity index (χ4n) is 3.71. The number of hydrogen-bond donors (Lipinski definition) is 1. The number of furan rings is 1. The number of nitrogens with one attached hydrogen (secondary N) is 1. The van der Waals surface area contributed by atoms with Gasteiger partial charge in [0.05, 0.1) is 24.2 Å². The van der Waals surface area contributed by atoms with E-state index in [0.717, 1.165) is 24.6 Å². The highest BCUT2D eigenvalue weighted by Crippen LogP contribution is 2.23. The number of carbonyl (C=O) groups is 1. The highest BCUT2D eigenvalue weighted by Gasteiger charge is 2.26. The average Bonchev–Trinajstić information content (AvgIpc) is 3.21. The Morgan fingerprint density at radius 1 is 1.10 bits per heavy atom. The van der Waals surface area contributed by atoms with Gasteiger partial charge in [0.15, 0.2) is 0 Å². The number of nitrogens with zero attached hydrogens (tertiary/aromatic N) is 2. The van der Waals surface area contributed by atoms with Crippen LogP contribution < -0.4 is 5.32 Å². The van der Waals surface area contributed by atoms with Gasteiger partial charge in [0, 0.05) is 38.3 Å². The van der Waals surface area contributed by atoms with E-state index in [-0.39, 0.29) is 16.8 Å². The molecule has 0 radical (unpaired) electrons. The van der Waals surface area contributed by atoms with Gasteiger partial charge >= 0.3 is 0 Å². The van der Waals surface area contributed by atoms with Gasteiger partial charge < -0.3 is 14.5 Å². The Kier molecular flexibility index (Phi) is 7.88. The summed E-state index contributed by atoms with van der Waals surface area (Å²) < 4.78 is 37.9. The van der Waals surface area contributed by atoms with Crippen molar-refractivity contribution in [1.29, 1.82) is 0 Å². The Labute approximate surface area is 184 Å². The number of rotatable bonds is 9. The smallest absolute Gasteiger partial charge is 0.251 e. The second-order valence-corrected chi connectivity index (χ2v) is 9.37. The van der Waals surface area contributed by atoms with Gasteiger partial charge in [0.2, 0.25) is 10.0 Å². The summed E-state index contributed by atoms with van der Waals surface area (Å²) in [5.41, 5.74) is 0.412. The third-order valence-electron chi connectivity index (χ3n) is 5.49. The van der Waals surface area contributed by atoms with Crippen LogP contribution in [0.2, 0.25) is 0 Å². The third-order valence-corrected chi connectivity index (χ3v) is 7.56. The van der Waals surface area contributed by atoms with Crippen LogP contribution in [0.5, 0.6) is 0 Å². The third kappa shape index (κ3) is 5.54. The summed E-state index contributed by atoms with van der Waals surface area (Å²) >= 11 is 0. The summed E-state index contributed by atoms with van der Waals surface area (Å²) in [6.07, 6.45) is 0. The van der Waals surface area contributed by atoms with E-state index in [0.29, 0.717) is 38.4 Å². The average molecular weight is 450 g/mol. The van der Waals surface area contributed by atoms with Crippen LogP contribution in [-0.4, -0.2) is 69.5 Å². The van der Waals surface area contributed by atoms with E-state index in [1.54, 1.807) is 26.0 Å². The zero-order chi connectivity index (χ0) is 22.4. The van der Waals surface area contributed by atoms with Crippen LogP contribution in [0.3, 0.4) is 0 Å². The predicted octanol–water partition coefficient (Wildman–Crippen LogP) is 2.42. The lowest BCUT2D eigenvalue weighted by atomic mass is 10.1. The molecule has 0 unspecified atom stereocenters. The number of ether oxygens (including phenoxy) is 1. The fraction of sp³-hybridized carbons (Fsp3) is 0.500. The highest BCUT2D eigenvalue weighted by molar-refractivity contribution is 7.89. The van der Waals surface area contributed by atoms with Crippen molar-refractivity contribution >= 4 is 15.9 Å². The molecule has 1 fully saturated rings. The van der Waals surface area contributed by atoms with Crippen molar-refractivity contribution in [3.8, 4) is 0 Å². The molecular weight excluding hydrogens is 418 g/mol. The molecule has 1 N–H and O–H groups in total. The lowest BCUT2D eigenvalue weighted by Gasteiger charge is -2.33. The summed E-state index contributed by atoms with van der Waals surface area (Å²) in [6.45, 7) is 9.49. The van der Waals surface area contributed by atoms with Crippen LogP contribution in [0.1, 0.15) is 41.8 Å². The molecule has 2 heterocycles. The maximum absolute atomic E-state index is 12.7. The van der Waals surface area contributed by atoms with Crippen LogP contribution in [0, 0.1) is 6.92 Å². The number of aryl methyl sites for hydroxylation is 1. The SMILES string of the molecule is CCN(CC)S(=O)(=O)c1ccc(C(=O)NC[C@H](c2ccc(C)o2)N2CCOCC2)cc1. The van der Waals surface area contributed by atoms with Gasteiger partial charge in [-0.15, -0.1) is 0 Å². The van der Waals surface area contributed by atoms with Gasteiger partial charge in [-0.05, 0) is 43.3 Å². The van der Waals surface area contributed by atoms with Crippen molar-refractivity contribution in [2.75, 3.05) is 45.9 Å². The zero-order valence-electron chi connectivity index (χ0n) is 18.3. The summed E-state index contributed by atoms with van der Waals surface area (Å²) in [4.78, 5) is 15.2. The molecule has 1 saturated heterocycles. The Balaban J connectivity index is 1.69. The summed E-state index contributed by atoms with van der Waals surface area (Å²) in [7, 11) is -3.55. The van der Waals surface area contributed by atoms with Crippen LogP contribution in [0.4, 0.5) is 0 Å². The van der Waals surface area contributed by atoms with E-state index in [1.807, 2.05) is 19.1 Å². The number of sulfonamides is 1. The Bertz CT molecular complexity index is 961. The highest BCUT2D eigenvalue weighted by atomic mass is 32.2. The number of carbonyl (C=O) groups excluding carboxylic acids is 1. The van der Waals surface area contributed by atoms with Gasteiger partial charge in [0.1, 0.15) is 11.5 Å². The topological polar surface area (TPSA) is 92.1 Å². The number of hydrogen-bond acceptors (Lipinski definition) is 6. The molecule has 1 atom stereocenters. The van der Waals surface area contributed by atoms with Gasteiger partial charge in [-0.3, -0.25) is 9.69 Å². The summed E-state index contributed by atoms with van der Waals surface area (Å²) in [5.74, 6) is 1.37. The molecule has 1 amide bonds. The minimum atomic E-state index is -3.55. The lowest BCUT2D eigenvalue weighted by molar-refractivity contribution is 0.0117. The Hall–Kier alpha value is -2.20. The molecule has 1 aromatic heterocycles. The molecule has 31 heavy (non-hydrogen) atoms. The maximum atomic E-state index is 12.7. The predicted molar refractivity (Wildman–Crippen MR) is 117 cm³/mol. The molecule has 170 valence electrons. The second kappa shape index (κ2) is 10.4. The molecular formula is C22H31N3O5S. The van der Waals surface area contributed by atoms with E-state index in [4.69, 9.17) is 9.15 Å².